The Morgan fingerprint density at radius 2 is 1.59 bits per heavy atom. The predicted octanol–water partition coefficient (Wildman–Crippen LogP) is 8.05. The first-order valence-electron chi connectivity index (χ1n) is 21.5. The summed E-state index contributed by atoms with van der Waals surface area (Å²) in [6.45, 7) is 19.4. The summed E-state index contributed by atoms with van der Waals surface area (Å²) >= 11 is 0. The Morgan fingerprint density at radius 1 is 0.911 bits per heavy atom. The Hall–Kier alpha value is -3.49. The first kappa shape index (κ1) is 40.7. The van der Waals surface area contributed by atoms with Crippen LogP contribution in [0.3, 0.4) is 0 Å². The van der Waals surface area contributed by atoms with Crippen LogP contribution in [-0.4, -0.2) is 54.1 Å². The van der Waals surface area contributed by atoms with E-state index in [1.165, 1.54) is 5.57 Å². The van der Waals surface area contributed by atoms with Gasteiger partial charge in [-0.1, -0.05) is 48.5 Å². The molecule has 6 aliphatic rings. The lowest BCUT2D eigenvalue weighted by Crippen LogP contribution is -2.65. The monoisotopic (exact) mass is 770 g/mol. The van der Waals surface area contributed by atoms with Crippen molar-refractivity contribution in [3.05, 3.63) is 41.0 Å². The Balaban J connectivity index is 1.11. The van der Waals surface area contributed by atoms with Crippen molar-refractivity contribution in [3.63, 3.8) is 0 Å². The Kier molecular flexibility index (Phi) is 10.3. The highest BCUT2D eigenvalue weighted by Gasteiger charge is 2.67. The van der Waals surface area contributed by atoms with Gasteiger partial charge in [0, 0.05) is 23.3 Å². The number of Topliss-reactive ketones (excluding diaryl/α,β-unsaturated/α-hetero) is 1. The minimum absolute atomic E-state index is 0.0393. The minimum atomic E-state index is -1.22. The third-order valence-electron chi connectivity index (χ3n) is 16.8. The fourth-order valence-electron chi connectivity index (χ4n) is 13.7. The molecule has 0 radical (unpaired) electrons. The van der Waals surface area contributed by atoms with Crippen LogP contribution in [0.4, 0.5) is 0 Å². The highest BCUT2D eigenvalue weighted by molar-refractivity contribution is 6.03. The molecule has 0 saturated heterocycles. The van der Waals surface area contributed by atoms with Gasteiger partial charge in [0.05, 0.1) is 18.6 Å². The number of methoxy groups -OCH3 is 1. The predicted molar refractivity (Wildman–Crippen MR) is 214 cm³/mol. The number of esters is 1. The van der Waals surface area contributed by atoms with E-state index in [4.69, 9.17) is 9.47 Å². The molecular formula is C47H66N2O7. The molecule has 2 N–H and O–H groups in total. The number of fused-ring (bicyclic) bond motifs is 7. The second-order valence-corrected chi connectivity index (χ2v) is 20.7. The summed E-state index contributed by atoms with van der Waals surface area (Å²) in [6, 6.07) is 6.81. The molecule has 0 spiro atoms. The molecule has 2 amide bonds. The quantitative estimate of drug-likeness (QED) is 0.192. The maximum Gasteiger partial charge on any atom is 0.309 e. The molecule has 9 heteroatoms. The number of ketones is 1. The van der Waals surface area contributed by atoms with Gasteiger partial charge in [-0.05, 0) is 153 Å². The van der Waals surface area contributed by atoms with E-state index >= 15 is 0 Å². The van der Waals surface area contributed by atoms with Crippen molar-refractivity contribution in [1.29, 1.82) is 0 Å². The van der Waals surface area contributed by atoms with Gasteiger partial charge < -0.3 is 24.9 Å². The number of allylic oxidation sites excluding steroid dienone is 1. The van der Waals surface area contributed by atoms with Crippen LogP contribution in [0.15, 0.2) is 35.4 Å². The number of nitrogens with one attached hydrogen (secondary N) is 2. The fraction of sp³-hybridized carbons (Fsp3) is 0.723. The molecule has 7 rings (SSSR count). The number of carbonyl (C=O) groups excluding carboxylic acids is 5. The van der Waals surface area contributed by atoms with Gasteiger partial charge in [-0.3, -0.25) is 19.2 Å². The Morgan fingerprint density at radius 3 is 2.21 bits per heavy atom. The summed E-state index contributed by atoms with van der Waals surface area (Å²) in [6.07, 6.45) is 9.44. The molecule has 56 heavy (non-hydrogen) atoms. The van der Waals surface area contributed by atoms with Gasteiger partial charge in [0.15, 0.2) is 5.78 Å². The molecule has 0 aromatic heterocycles. The van der Waals surface area contributed by atoms with Crippen molar-refractivity contribution in [3.8, 4) is 5.75 Å². The summed E-state index contributed by atoms with van der Waals surface area (Å²) in [5.41, 5.74) is 0.526. The average Bonchev–Trinajstić information content (AvgIpc) is 3.43. The molecule has 0 aliphatic heterocycles. The third kappa shape index (κ3) is 6.27. The van der Waals surface area contributed by atoms with Gasteiger partial charge in [0.1, 0.15) is 23.7 Å². The summed E-state index contributed by atoms with van der Waals surface area (Å²) in [7, 11) is 1.57. The zero-order chi connectivity index (χ0) is 40.7. The number of aldehydes is 1. The number of rotatable bonds is 9. The number of carbonyl (C=O) groups is 5. The maximum absolute atomic E-state index is 14.3. The second-order valence-electron chi connectivity index (χ2n) is 20.7. The molecular weight excluding hydrogens is 705 g/mol. The van der Waals surface area contributed by atoms with E-state index < -0.39 is 11.1 Å². The van der Waals surface area contributed by atoms with E-state index in [2.05, 4.69) is 52.2 Å². The van der Waals surface area contributed by atoms with Gasteiger partial charge >= 0.3 is 5.97 Å². The lowest BCUT2D eigenvalue weighted by atomic mass is 9.37. The van der Waals surface area contributed by atoms with E-state index in [1.54, 1.807) is 45.2 Å². The number of ether oxygens (including phenoxy) is 2. The summed E-state index contributed by atoms with van der Waals surface area (Å²) in [4.78, 5) is 66.4. The molecule has 5 saturated carbocycles. The number of hydrogen-bond acceptors (Lipinski definition) is 7. The van der Waals surface area contributed by atoms with Crippen molar-refractivity contribution >= 4 is 29.9 Å². The largest absolute Gasteiger partial charge is 0.497 e. The van der Waals surface area contributed by atoms with Gasteiger partial charge in [0.2, 0.25) is 5.91 Å². The summed E-state index contributed by atoms with van der Waals surface area (Å²) in [5, 5.41) is 6.40. The lowest BCUT2D eigenvalue weighted by Gasteiger charge is -2.68. The molecule has 5 fully saturated rings. The van der Waals surface area contributed by atoms with Crippen molar-refractivity contribution in [2.75, 3.05) is 7.11 Å². The van der Waals surface area contributed by atoms with Crippen LogP contribution in [0.2, 0.25) is 0 Å². The van der Waals surface area contributed by atoms with E-state index in [0.29, 0.717) is 41.9 Å². The van der Waals surface area contributed by atoms with E-state index in [9.17, 15) is 24.0 Å². The zero-order valence-electron chi connectivity index (χ0n) is 35.5. The zero-order valence-corrected chi connectivity index (χ0v) is 35.5. The van der Waals surface area contributed by atoms with Crippen LogP contribution in [0, 0.1) is 63.6 Å². The van der Waals surface area contributed by atoms with E-state index in [-0.39, 0.29) is 81.9 Å². The van der Waals surface area contributed by atoms with Gasteiger partial charge in [-0.2, -0.15) is 0 Å². The van der Waals surface area contributed by atoms with Crippen LogP contribution in [-0.2, 0) is 23.9 Å². The molecule has 0 heterocycles. The molecule has 11 unspecified atom stereocenters. The van der Waals surface area contributed by atoms with Crippen molar-refractivity contribution in [2.24, 2.45) is 63.6 Å². The molecule has 9 nitrogen and oxygen atoms in total. The molecule has 1 aromatic rings. The van der Waals surface area contributed by atoms with Crippen molar-refractivity contribution in [1.82, 2.24) is 10.6 Å². The van der Waals surface area contributed by atoms with E-state index in [0.717, 1.165) is 56.8 Å². The van der Waals surface area contributed by atoms with Gasteiger partial charge in [-0.15, -0.1) is 0 Å². The standard InChI is InChI=1S/C47H66N2O7/c1-26(2)38-34(51)24-47(49-42(54)44(6,7)48-40(52)28-11-13-30(55-10)14-12-28)22-17-33-31(39(38)47)15-16-36-45(33,8)20-18-35-43(4,5)37(19-21-46(35,36)9)56-41(53)32-23-29(25-50)27(32)3/h11-14,25-27,29,31-33,35-37H,15-24H2,1-10H3,(H,48,52)(H,49,54). The summed E-state index contributed by atoms with van der Waals surface area (Å²) < 4.78 is 11.6. The Labute approximate surface area is 334 Å². The second kappa shape index (κ2) is 14.1. The lowest BCUT2D eigenvalue weighted by molar-refractivity contribution is -0.216. The van der Waals surface area contributed by atoms with Crippen LogP contribution in [0.5, 0.6) is 5.75 Å². The highest BCUT2D eigenvalue weighted by Crippen LogP contribution is 2.72. The smallest absolute Gasteiger partial charge is 0.309 e. The van der Waals surface area contributed by atoms with Crippen LogP contribution in [0.1, 0.15) is 137 Å². The molecule has 1 aromatic carbocycles. The third-order valence-corrected chi connectivity index (χ3v) is 16.8. The molecule has 11 atom stereocenters. The molecule has 306 valence electrons. The summed E-state index contributed by atoms with van der Waals surface area (Å²) in [5.74, 6) is 1.42. The SMILES string of the molecule is COc1ccc(C(=O)NC(C)(C)C(=O)NC23CCC4C(CCC5C4(C)CCC4C(C)(C)C(OC(=O)C6CC(C=O)C6C)CCC45C)C2=C(C(C)C)C(=O)C3)cc1. The normalized spacial score (nSPS) is 38.6. The number of benzene rings is 1. The first-order chi connectivity index (χ1) is 26.2. The van der Waals surface area contributed by atoms with Gasteiger partial charge in [-0.25, -0.2) is 0 Å². The van der Waals surface area contributed by atoms with Crippen LogP contribution < -0.4 is 15.4 Å². The molecule has 6 aliphatic carbocycles. The van der Waals surface area contributed by atoms with Gasteiger partial charge in [0.25, 0.3) is 5.91 Å². The van der Waals surface area contributed by atoms with Crippen molar-refractivity contribution in [2.45, 2.75) is 144 Å². The van der Waals surface area contributed by atoms with Crippen molar-refractivity contribution < 1.29 is 33.4 Å². The number of amides is 2. The maximum atomic E-state index is 14.3. The van der Waals surface area contributed by atoms with Crippen LogP contribution in [0.25, 0.3) is 0 Å². The van der Waals surface area contributed by atoms with Crippen LogP contribution >= 0.6 is 0 Å². The minimum Gasteiger partial charge on any atom is -0.497 e. The highest BCUT2D eigenvalue weighted by atomic mass is 16.5. The van der Waals surface area contributed by atoms with E-state index in [1.807, 2.05) is 6.92 Å². The topological polar surface area (TPSA) is 128 Å². The molecule has 0 bridgehead atoms. The fourth-order valence-corrected chi connectivity index (χ4v) is 13.7. The average molecular weight is 771 g/mol. The number of hydrogen-bond donors (Lipinski definition) is 2. The Bertz CT molecular complexity index is 1810. The first-order valence-corrected chi connectivity index (χ1v) is 21.5.